The van der Waals surface area contributed by atoms with Crippen LogP contribution in [0.15, 0.2) is 59.5 Å². The van der Waals surface area contributed by atoms with Gasteiger partial charge in [0.25, 0.3) is 0 Å². The Kier molecular flexibility index (Phi) is 4.25. The highest BCUT2D eigenvalue weighted by Gasteiger charge is 2.10. The van der Waals surface area contributed by atoms with Crippen LogP contribution >= 0.6 is 15.9 Å². The first-order chi connectivity index (χ1) is 10.6. The van der Waals surface area contributed by atoms with Gasteiger partial charge in [0, 0.05) is 10.0 Å². The Balaban J connectivity index is 2.16. The second kappa shape index (κ2) is 6.32. The Morgan fingerprint density at radius 3 is 2.55 bits per heavy atom. The van der Waals surface area contributed by atoms with Gasteiger partial charge >= 0.3 is 0 Å². The quantitative estimate of drug-likeness (QED) is 0.630. The number of halogens is 1. The van der Waals surface area contributed by atoms with Gasteiger partial charge in [-0.05, 0) is 54.3 Å². The van der Waals surface area contributed by atoms with Crippen molar-refractivity contribution in [1.29, 1.82) is 0 Å². The lowest BCUT2D eigenvalue weighted by Crippen LogP contribution is -1.94. The molecule has 0 bridgehead atoms. The summed E-state index contributed by atoms with van der Waals surface area (Å²) in [5.74, 6) is 0. The third kappa shape index (κ3) is 3.04. The number of rotatable bonds is 3. The third-order valence-corrected chi connectivity index (χ3v) is 4.39. The van der Waals surface area contributed by atoms with Crippen molar-refractivity contribution < 1.29 is 0 Å². The molecule has 1 heterocycles. The molecule has 3 aromatic rings. The number of hydrogen-bond donors (Lipinski definition) is 1. The maximum absolute atomic E-state index is 4.17. The number of aromatic nitrogens is 2. The van der Waals surface area contributed by atoms with Crippen molar-refractivity contribution in [3.63, 3.8) is 0 Å². The van der Waals surface area contributed by atoms with Crippen molar-refractivity contribution in [2.24, 2.45) is 0 Å². The SMILES string of the molecule is Cc1cccc(/C(=C/c2ccc(Br)cc2)c2cnc[nH]2)c1C. The van der Waals surface area contributed by atoms with Gasteiger partial charge in [0.05, 0.1) is 18.2 Å². The minimum Gasteiger partial charge on any atom is -0.345 e. The van der Waals surface area contributed by atoms with Gasteiger partial charge in [0.15, 0.2) is 0 Å². The van der Waals surface area contributed by atoms with Crippen molar-refractivity contribution in [3.8, 4) is 0 Å². The molecule has 110 valence electrons. The van der Waals surface area contributed by atoms with E-state index < -0.39 is 0 Å². The number of benzene rings is 2. The van der Waals surface area contributed by atoms with E-state index in [1.807, 2.05) is 6.20 Å². The highest BCUT2D eigenvalue weighted by molar-refractivity contribution is 9.10. The van der Waals surface area contributed by atoms with Gasteiger partial charge in [0.1, 0.15) is 0 Å². The van der Waals surface area contributed by atoms with Crippen LogP contribution in [-0.2, 0) is 0 Å². The standard InChI is InChI=1S/C19H17BrN2/c1-13-4-3-5-17(14(13)2)18(19-11-21-12-22-19)10-15-6-8-16(20)9-7-15/h3-12H,1-2H3,(H,21,22)/b18-10-. The van der Waals surface area contributed by atoms with E-state index in [0.29, 0.717) is 0 Å². The first kappa shape index (κ1) is 14.8. The molecule has 22 heavy (non-hydrogen) atoms. The normalized spacial score (nSPS) is 11.7. The van der Waals surface area contributed by atoms with Gasteiger partial charge in [0.2, 0.25) is 0 Å². The van der Waals surface area contributed by atoms with Crippen molar-refractivity contribution in [2.75, 3.05) is 0 Å². The zero-order valence-electron chi connectivity index (χ0n) is 12.6. The summed E-state index contributed by atoms with van der Waals surface area (Å²) in [5.41, 5.74) is 7.15. The van der Waals surface area contributed by atoms with E-state index in [1.165, 1.54) is 16.7 Å². The maximum atomic E-state index is 4.17. The van der Waals surface area contributed by atoms with E-state index in [1.54, 1.807) is 6.33 Å². The van der Waals surface area contributed by atoms with Crippen LogP contribution in [0.3, 0.4) is 0 Å². The molecule has 1 N–H and O–H groups in total. The molecule has 3 rings (SSSR count). The van der Waals surface area contributed by atoms with Crippen LogP contribution in [0.25, 0.3) is 11.6 Å². The molecule has 0 radical (unpaired) electrons. The number of aromatic amines is 1. The fourth-order valence-electron chi connectivity index (χ4n) is 2.47. The molecule has 1 aromatic heterocycles. The fourth-order valence-corrected chi connectivity index (χ4v) is 2.74. The molecule has 0 aliphatic carbocycles. The van der Waals surface area contributed by atoms with E-state index in [2.05, 4.69) is 88.3 Å². The van der Waals surface area contributed by atoms with Crippen molar-refractivity contribution in [2.45, 2.75) is 13.8 Å². The lowest BCUT2D eigenvalue weighted by molar-refractivity contribution is 1.28. The topological polar surface area (TPSA) is 28.7 Å². The summed E-state index contributed by atoms with van der Waals surface area (Å²) in [4.78, 5) is 7.40. The average Bonchev–Trinajstić information content (AvgIpc) is 3.04. The summed E-state index contributed by atoms with van der Waals surface area (Å²) < 4.78 is 1.08. The van der Waals surface area contributed by atoms with Crippen LogP contribution in [0, 0.1) is 13.8 Å². The van der Waals surface area contributed by atoms with Crippen molar-refractivity contribution >= 4 is 27.6 Å². The van der Waals surface area contributed by atoms with Crippen LogP contribution in [0.2, 0.25) is 0 Å². The van der Waals surface area contributed by atoms with Gasteiger partial charge in [-0.3, -0.25) is 0 Å². The average molecular weight is 353 g/mol. The molecular formula is C19H17BrN2. The number of nitrogens with one attached hydrogen (secondary N) is 1. The number of H-pyrrole nitrogens is 1. The van der Waals surface area contributed by atoms with E-state index in [9.17, 15) is 0 Å². The molecule has 0 atom stereocenters. The molecule has 0 unspecified atom stereocenters. The second-order valence-corrected chi connectivity index (χ2v) is 6.24. The molecule has 0 aliphatic heterocycles. The number of imidazole rings is 1. The number of hydrogen-bond acceptors (Lipinski definition) is 1. The highest BCUT2D eigenvalue weighted by Crippen LogP contribution is 2.28. The predicted octanol–water partition coefficient (Wildman–Crippen LogP) is 5.38. The van der Waals surface area contributed by atoms with Crippen molar-refractivity contribution in [1.82, 2.24) is 9.97 Å². The monoisotopic (exact) mass is 352 g/mol. The van der Waals surface area contributed by atoms with Crippen LogP contribution in [0.4, 0.5) is 0 Å². The minimum atomic E-state index is 1.02. The van der Waals surface area contributed by atoms with Gasteiger partial charge in [-0.25, -0.2) is 4.98 Å². The molecule has 0 amide bonds. The molecule has 0 saturated carbocycles. The Bertz CT molecular complexity index is 800. The Morgan fingerprint density at radius 1 is 1.09 bits per heavy atom. The van der Waals surface area contributed by atoms with E-state index in [4.69, 9.17) is 0 Å². The third-order valence-electron chi connectivity index (χ3n) is 3.86. The zero-order chi connectivity index (χ0) is 15.5. The predicted molar refractivity (Wildman–Crippen MR) is 95.6 cm³/mol. The summed E-state index contributed by atoms with van der Waals surface area (Å²) in [5, 5.41) is 0. The number of aryl methyl sites for hydroxylation is 1. The van der Waals surface area contributed by atoms with Crippen LogP contribution in [0.5, 0.6) is 0 Å². The molecule has 0 fully saturated rings. The second-order valence-electron chi connectivity index (χ2n) is 5.32. The molecule has 0 aliphatic rings. The summed E-state index contributed by atoms with van der Waals surface area (Å²) in [6, 6.07) is 14.7. The van der Waals surface area contributed by atoms with Crippen LogP contribution in [0.1, 0.15) is 27.9 Å². The summed E-state index contributed by atoms with van der Waals surface area (Å²) in [7, 11) is 0. The largest absolute Gasteiger partial charge is 0.345 e. The maximum Gasteiger partial charge on any atom is 0.0924 e. The van der Waals surface area contributed by atoms with Gasteiger partial charge < -0.3 is 4.98 Å². The number of nitrogens with zero attached hydrogens (tertiary/aromatic N) is 1. The highest BCUT2D eigenvalue weighted by atomic mass is 79.9. The summed E-state index contributed by atoms with van der Waals surface area (Å²) in [6.07, 6.45) is 5.78. The summed E-state index contributed by atoms with van der Waals surface area (Å²) in [6.45, 7) is 4.31. The van der Waals surface area contributed by atoms with Gasteiger partial charge in [-0.15, -0.1) is 0 Å². The molecule has 2 nitrogen and oxygen atoms in total. The molecule has 0 saturated heterocycles. The molecular weight excluding hydrogens is 336 g/mol. The lowest BCUT2D eigenvalue weighted by atomic mass is 9.94. The Morgan fingerprint density at radius 2 is 1.86 bits per heavy atom. The fraction of sp³-hybridized carbons (Fsp3) is 0.105. The van der Waals surface area contributed by atoms with E-state index >= 15 is 0 Å². The van der Waals surface area contributed by atoms with Crippen molar-refractivity contribution in [3.05, 3.63) is 87.4 Å². The van der Waals surface area contributed by atoms with Gasteiger partial charge in [-0.1, -0.05) is 46.3 Å². The van der Waals surface area contributed by atoms with E-state index in [-0.39, 0.29) is 0 Å². The molecule has 0 spiro atoms. The summed E-state index contributed by atoms with van der Waals surface area (Å²) >= 11 is 3.48. The lowest BCUT2D eigenvalue weighted by Gasteiger charge is -2.12. The molecule has 2 aromatic carbocycles. The first-order valence-electron chi connectivity index (χ1n) is 7.18. The zero-order valence-corrected chi connectivity index (χ0v) is 14.2. The first-order valence-corrected chi connectivity index (χ1v) is 7.97. The van der Waals surface area contributed by atoms with Crippen LogP contribution in [-0.4, -0.2) is 9.97 Å². The Hall–Kier alpha value is -2.13. The molecule has 3 heteroatoms. The van der Waals surface area contributed by atoms with E-state index in [0.717, 1.165) is 21.3 Å². The van der Waals surface area contributed by atoms with Crippen LogP contribution < -0.4 is 0 Å². The smallest absolute Gasteiger partial charge is 0.0924 e. The Labute approximate surface area is 139 Å². The van der Waals surface area contributed by atoms with Gasteiger partial charge in [-0.2, -0.15) is 0 Å². The minimum absolute atomic E-state index is 1.02.